The maximum absolute atomic E-state index is 12.1. The van der Waals surface area contributed by atoms with Gasteiger partial charge in [-0.25, -0.2) is 0 Å². The van der Waals surface area contributed by atoms with Crippen molar-refractivity contribution in [3.05, 3.63) is 24.3 Å². The number of alkyl halides is 3. The van der Waals surface area contributed by atoms with Gasteiger partial charge in [-0.1, -0.05) is 6.92 Å². The van der Waals surface area contributed by atoms with E-state index in [1.807, 2.05) is 0 Å². The Hall–Kier alpha value is -1.96. The quantitative estimate of drug-likeness (QED) is 0.637. The summed E-state index contributed by atoms with van der Waals surface area (Å²) in [5, 5.41) is 2.85. The molecule has 0 spiro atoms. The van der Waals surface area contributed by atoms with Gasteiger partial charge >= 0.3 is 6.36 Å². The van der Waals surface area contributed by atoms with E-state index in [9.17, 15) is 13.2 Å². The van der Waals surface area contributed by atoms with Gasteiger partial charge in [-0.05, 0) is 49.6 Å². The van der Waals surface area contributed by atoms with Crippen molar-refractivity contribution in [2.24, 2.45) is 16.6 Å². The van der Waals surface area contributed by atoms with Crippen LogP contribution in [0, 0.1) is 5.92 Å². The number of nitrogens with one attached hydrogen (secondary N) is 1. The van der Waals surface area contributed by atoms with Gasteiger partial charge in [0.2, 0.25) is 0 Å². The molecule has 1 heterocycles. The van der Waals surface area contributed by atoms with Gasteiger partial charge in [0, 0.05) is 18.8 Å². The highest BCUT2D eigenvalue weighted by molar-refractivity contribution is 5.92. The van der Waals surface area contributed by atoms with E-state index < -0.39 is 6.36 Å². The molecule has 0 aliphatic carbocycles. The molecule has 24 heavy (non-hydrogen) atoms. The first-order valence-electron chi connectivity index (χ1n) is 7.97. The maximum atomic E-state index is 12.1. The first kappa shape index (κ1) is 18.4. The van der Waals surface area contributed by atoms with Gasteiger partial charge in [0.25, 0.3) is 0 Å². The highest BCUT2D eigenvalue weighted by Gasteiger charge is 2.30. The predicted molar refractivity (Wildman–Crippen MR) is 88.1 cm³/mol. The third-order valence-corrected chi connectivity index (χ3v) is 3.80. The number of ether oxygens (including phenoxy) is 1. The lowest BCUT2D eigenvalue weighted by molar-refractivity contribution is -0.274. The zero-order valence-corrected chi connectivity index (χ0v) is 13.6. The van der Waals surface area contributed by atoms with Crippen LogP contribution in [0.3, 0.4) is 0 Å². The summed E-state index contributed by atoms with van der Waals surface area (Å²) in [4.78, 5) is 6.62. The highest BCUT2D eigenvalue weighted by atomic mass is 19.4. The van der Waals surface area contributed by atoms with Crippen LogP contribution in [0.25, 0.3) is 0 Å². The second-order valence-corrected chi connectivity index (χ2v) is 6.01. The van der Waals surface area contributed by atoms with Gasteiger partial charge in [0.15, 0.2) is 5.96 Å². The molecule has 1 aromatic rings. The van der Waals surface area contributed by atoms with Crippen LogP contribution in [0.15, 0.2) is 29.3 Å². The molecule has 0 saturated carbocycles. The van der Waals surface area contributed by atoms with Gasteiger partial charge in [-0.15, -0.1) is 13.2 Å². The standard InChI is InChI=1S/C16H23F3N4O/c1-12-3-2-9-23(11-12)10-8-21-15(20)22-13-4-6-14(7-5-13)24-16(17,18)19/h4-7,12H,2-3,8-11H2,1H3,(H3,20,21,22). The van der Waals surface area contributed by atoms with Crippen LogP contribution in [-0.4, -0.2) is 43.4 Å². The number of rotatable bonds is 5. The summed E-state index contributed by atoms with van der Waals surface area (Å²) >= 11 is 0. The van der Waals surface area contributed by atoms with Crippen molar-refractivity contribution in [1.29, 1.82) is 0 Å². The first-order valence-corrected chi connectivity index (χ1v) is 7.97. The Morgan fingerprint density at radius 2 is 2.08 bits per heavy atom. The molecule has 1 saturated heterocycles. The Balaban J connectivity index is 1.77. The lowest BCUT2D eigenvalue weighted by atomic mass is 10.0. The summed E-state index contributed by atoms with van der Waals surface area (Å²) in [6, 6.07) is 5.35. The Labute approximate surface area is 139 Å². The van der Waals surface area contributed by atoms with Crippen LogP contribution < -0.4 is 15.8 Å². The molecular weight excluding hydrogens is 321 g/mol. The molecule has 1 aliphatic heterocycles. The SMILES string of the molecule is CC1CCCN(CCN=C(N)Nc2ccc(OC(F)(F)F)cc2)C1. The molecule has 3 N–H and O–H groups in total. The van der Waals surface area contributed by atoms with Crippen LogP contribution in [-0.2, 0) is 0 Å². The second-order valence-electron chi connectivity index (χ2n) is 6.01. The number of aliphatic imine (C=N–C) groups is 1. The number of likely N-dealkylation sites (tertiary alicyclic amines) is 1. The fourth-order valence-electron chi connectivity index (χ4n) is 2.73. The number of benzene rings is 1. The molecular formula is C16H23F3N4O. The summed E-state index contributed by atoms with van der Waals surface area (Å²) in [6.45, 7) is 5.86. The summed E-state index contributed by atoms with van der Waals surface area (Å²) in [7, 11) is 0. The zero-order chi connectivity index (χ0) is 17.6. The van der Waals surface area contributed by atoms with Gasteiger partial charge < -0.3 is 20.7 Å². The van der Waals surface area contributed by atoms with Crippen LogP contribution in [0.4, 0.5) is 18.9 Å². The first-order chi connectivity index (χ1) is 11.3. The number of nitrogens with two attached hydrogens (primary N) is 1. The third-order valence-electron chi connectivity index (χ3n) is 3.80. The van der Waals surface area contributed by atoms with Crippen molar-refractivity contribution in [3.8, 4) is 5.75 Å². The van der Waals surface area contributed by atoms with Crippen LogP contribution in [0.5, 0.6) is 5.75 Å². The summed E-state index contributed by atoms with van der Waals surface area (Å²) in [5.41, 5.74) is 6.35. The molecule has 5 nitrogen and oxygen atoms in total. The van der Waals surface area contributed by atoms with E-state index in [0.29, 0.717) is 12.2 Å². The van der Waals surface area contributed by atoms with Crippen molar-refractivity contribution >= 4 is 11.6 Å². The molecule has 0 amide bonds. The van der Waals surface area contributed by atoms with E-state index in [-0.39, 0.29) is 11.7 Å². The number of guanidine groups is 1. The number of anilines is 1. The third kappa shape index (κ3) is 6.66. The molecule has 0 aromatic heterocycles. The van der Waals surface area contributed by atoms with E-state index in [0.717, 1.165) is 25.6 Å². The van der Waals surface area contributed by atoms with Gasteiger partial charge in [0.1, 0.15) is 5.75 Å². The maximum Gasteiger partial charge on any atom is 0.573 e. The van der Waals surface area contributed by atoms with Gasteiger partial charge in [0.05, 0.1) is 6.54 Å². The molecule has 8 heteroatoms. The molecule has 1 aliphatic rings. The van der Waals surface area contributed by atoms with E-state index in [4.69, 9.17) is 5.73 Å². The highest BCUT2D eigenvalue weighted by Crippen LogP contribution is 2.23. The Morgan fingerprint density at radius 1 is 1.38 bits per heavy atom. The van der Waals surface area contributed by atoms with Gasteiger partial charge in [-0.3, -0.25) is 4.99 Å². The lowest BCUT2D eigenvalue weighted by Gasteiger charge is -2.30. The normalized spacial score (nSPS) is 20.0. The molecule has 1 unspecified atom stereocenters. The molecule has 134 valence electrons. The minimum absolute atomic E-state index is 0.240. The largest absolute Gasteiger partial charge is 0.573 e. The van der Waals surface area contributed by atoms with Crippen molar-refractivity contribution < 1.29 is 17.9 Å². The number of hydrogen-bond acceptors (Lipinski definition) is 3. The van der Waals surface area contributed by atoms with Crippen LogP contribution in [0.2, 0.25) is 0 Å². The van der Waals surface area contributed by atoms with E-state index in [1.54, 1.807) is 0 Å². The van der Waals surface area contributed by atoms with Crippen molar-refractivity contribution in [2.75, 3.05) is 31.5 Å². The van der Waals surface area contributed by atoms with Crippen molar-refractivity contribution in [1.82, 2.24) is 4.90 Å². The van der Waals surface area contributed by atoms with Crippen LogP contribution >= 0.6 is 0 Å². The summed E-state index contributed by atoms with van der Waals surface area (Å²) in [5.74, 6) is 0.683. The smallest absolute Gasteiger partial charge is 0.406 e. The van der Waals surface area contributed by atoms with Crippen molar-refractivity contribution in [2.45, 2.75) is 26.1 Å². The predicted octanol–water partition coefficient (Wildman–Crippen LogP) is 3.04. The average molecular weight is 344 g/mol. The fourth-order valence-corrected chi connectivity index (χ4v) is 2.73. The average Bonchev–Trinajstić information content (AvgIpc) is 2.48. The molecule has 1 atom stereocenters. The summed E-state index contributed by atoms with van der Waals surface area (Å²) < 4.78 is 40.1. The molecule has 0 radical (unpaired) electrons. The lowest BCUT2D eigenvalue weighted by Crippen LogP contribution is -2.36. The number of hydrogen-bond donors (Lipinski definition) is 2. The van der Waals surface area contributed by atoms with E-state index in [1.165, 1.54) is 37.1 Å². The molecule has 2 rings (SSSR count). The molecule has 1 fully saturated rings. The van der Waals surface area contributed by atoms with Crippen LogP contribution in [0.1, 0.15) is 19.8 Å². The number of piperidine rings is 1. The molecule has 0 bridgehead atoms. The molecule has 1 aromatic carbocycles. The Bertz CT molecular complexity index is 545. The van der Waals surface area contributed by atoms with E-state index in [2.05, 4.69) is 26.9 Å². The summed E-state index contributed by atoms with van der Waals surface area (Å²) in [6.07, 6.45) is -2.20. The Kier molecular flexibility index (Phi) is 6.30. The van der Waals surface area contributed by atoms with E-state index >= 15 is 0 Å². The number of nitrogens with zero attached hydrogens (tertiary/aromatic N) is 2. The monoisotopic (exact) mass is 344 g/mol. The minimum Gasteiger partial charge on any atom is -0.406 e. The topological polar surface area (TPSA) is 62.9 Å². The second kappa shape index (κ2) is 8.23. The zero-order valence-electron chi connectivity index (χ0n) is 13.6. The fraction of sp³-hybridized carbons (Fsp3) is 0.562. The van der Waals surface area contributed by atoms with Crippen molar-refractivity contribution in [3.63, 3.8) is 0 Å². The van der Waals surface area contributed by atoms with Gasteiger partial charge in [-0.2, -0.15) is 0 Å². The minimum atomic E-state index is -4.69. The Morgan fingerprint density at radius 3 is 2.71 bits per heavy atom. The number of halogens is 3.